The van der Waals surface area contributed by atoms with Crippen molar-refractivity contribution in [2.24, 2.45) is 0 Å². The average Bonchev–Trinajstić information content (AvgIpc) is 3.09. The van der Waals surface area contributed by atoms with Gasteiger partial charge in [-0.1, -0.05) is 23.7 Å². The van der Waals surface area contributed by atoms with Crippen LogP contribution < -0.4 is 10.2 Å². The Labute approximate surface area is 162 Å². The maximum Gasteiger partial charge on any atom is 0.338 e. The number of carbonyl (C=O) groups excluding carboxylic acids is 3. The zero-order valence-corrected chi connectivity index (χ0v) is 15.5. The Balaban J connectivity index is 1.60. The van der Waals surface area contributed by atoms with Crippen LogP contribution in [-0.4, -0.2) is 30.4 Å². The number of anilines is 2. The number of amides is 2. The first kappa shape index (κ1) is 18.9. The van der Waals surface area contributed by atoms with E-state index in [0.29, 0.717) is 29.2 Å². The van der Waals surface area contributed by atoms with Gasteiger partial charge in [-0.3, -0.25) is 9.59 Å². The number of carbonyl (C=O) groups is 3. The SMILES string of the molecule is C[C@@H](OC(=O)c1ccc(N2CCCC2=O)cc1)C(=O)Nc1ccccc1Cl. The van der Waals surface area contributed by atoms with Crippen molar-refractivity contribution in [3.8, 4) is 0 Å². The summed E-state index contributed by atoms with van der Waals surface area (Å²) in [6.07, 6.45) is 0.385. The van der Waals surface area contributed by atoms with Crippen LogP contribution in [0.1, 0.15) is 30.1 Å². The summed E-state index contributed by atoms with van der Waals surface area (Å²) in [4.78, 5) is 37.9. The van der Waals surface area contributed by atoms with Gasteiger partial charge in [-0.05, 0) is 49.7 Å². The molecule has 0 unspecified atom stereocenters. The highest BCUT2D eigenvalue weighted by Crippen LogP contribution is 2.23. The van der Waals surface area contributed by atoms with Crippen molar-refractivity contribution in [3.63, 3.8) is 0 Å². The number of nitrogens with one attached hydrogen (secondary N) is 1. The molecule has 6 nitrogen and oxygen atoms in total. The monoisotopic (exact) mass is 386 g/mol. The molecular weight excluding hydrogens is 368 g/mol. The number of hydrogen-bond donors (Lipinski definition) is 1. The fourth-order valence-electron chi connectivity index (χ4n) is 2.78. The van der Waals surface area contributed by atoms with Crippen LogP contribution in [0.3, 0.4) is 0 Å². The molecule has 1 aliphatic rings. The Morgan fingerprint density at radius 2 is 1.85 bits per heavy atom. The van der Waals surface area contributed by atoms with Gasteiger partial charge in [-0.15, -0.1) is 0 Å². The summed E-state index contributed by atoms with van der Waals surface area (Å²) < 4.78 is 5.22. The van der Waals surface area contributed by atoms with Gasteiger partial charge in [0.15, 0.2) is 6.10 Å². The van der Waals surface area contributed by atoms with E-state index in [1.54, 1.807) is 53.4 Å². The van der Waals surface area contributed by atoms with Crippen LogP contribution >= 0.6 is 11.6 Å². The predicted octanol–water partition coefficient (Wildman–Crippen LogP) is 3.65. The molecule has 0 aromatic heterocycles. The summed E-state index contributed by atoms with van der Waals surface area (Å²) in [6, 6.07) is 13.4. The number of benzene rings is 2. The number of halogens is 1. The lowest BCUT2D eigenvalue weighted by molar-refractivity contribution is -0.123. The van der Waals surface area contributed by atoms with E-state index in [2.05, 4.69) is 5.32 Å². The summed E-state index contributed by atoms with van der Waals surface area (Å²) in [5, 5.41) is 3.03. The van der Waals surface area contributed by atoms with Crippen molar-refractivity contribution in [1.82, 2.24) is 0 Å². The van der Waals surface area contributed by atoms with Crippen LogP contribution in [0.2, 0.25) is 5.02 Å². The third-order valence-corrected chi connectivity index (χ3v) is 4.60. The largest absolute Gasteiger partial charge is 0.449 e. The molecule has 1 N–H and O–H groups in total. The Morgan fingerprint density at radius 3 is 2.48 bits per heavy atom. The second-order valence-corrected chi connectivity index (χ2v) is 6.62. The standard InChI is InChI=1S/C20H19ClN2O4/c1-13(19(25)22-17-6-3-2-5-16(17)21)27-20(26)14-8-10-15(11-9-14)23-12-4-7-18(23)24/h2-3,5-6,8-11,13H,4,7,12H2,1H3,(H,22,25)/t13-/m1/s1. The molecule has 0 bridgehead atoms. The van der Waals surface area contributed by atoms with Crippen LogP contribution in [0.4, 0.5) is 11.4 Å². The van der Waals surface area contributed by atoms with Crippen LogP contribution in [0.5, 0.6) is 0 Å². The van der Waals surface area contributed by atoms with Crippen LogP contribution in [-0.2, 0) is 14.3 Å². The van der Waals surface area contributed by atoms with E-state index >= 15 is 0 Å². The molecule has 27 heavy (non-hydrogen) atoms. The van der Waals surface area contributed by atoms with E-state index in [1.165, 1.54) is 6.92 Å². The van der Waals surface area contributed by atoms with Crippen molar-refractivity contribution in [3.05, 3.63) is 59.1 Å². The second-order valence-electron chi connectivity index (χ2n) is 6.21. The lowest BCUT2D eigenvalue weighted by Crippen LogP contribution is -2.30. The Bertz CT molecular complexity index is 867. The lowest BCUT2D eigenvalue weighted by atomic mass is 10.2. The summed E-state index contributed by atoms with van der Waals surface area (Å²) in [7, 11) is 0. The molecular formula is C20H19ClN2O4. The molecule has 1 saturated heterocycles. The maximum atomic E-state index is 12.3. The first-order valence-corrected chi connectivity index (χ1v) is 9.00. The van der Waals surface area contributed by atoms with Gasteiger partial charge in [0.2, 0.25) is 5.91 Å². The van der Waals surface area contributed by atoms with Crippen molar-refractivity contribution >= 4 is 40.8 Å². The van der Waals surface area contributed by atoms with Crippen molar-refractivity contribution in [1.29, 1.82) is 0 Å². The molecule has 0 saturated carbocycles. The highest BCUT2D eigenvalue weighted by molar-refractivity contribution is 6.33. The Kier molecular flexibility index (Phi) is 5.76. The molecule has 3 rings (SSSR count). The Hall–Kier alpha value is -2.86. The normalized spacial score (nSPS) is 14.7. The van der Waals surface area contributed by atoms with Gasteiger partial charge in [-0.25, -0.2) is 4.79 Å². The molecule has 1 atom stereocenters. The third kappa shape index (κ3) is 4.46. The van der Waals surface area contributed by atoms with E-state index < -0.39 is 18.0 Å². The van der Waals surface area contributed by atoms with Gasteiger partial charge >= 0.3 is 5.97 Å². The summed E-state index contributed by atoms with van der Waals surface area (Å²) in [6.45, 7) is 2.17. The molecule has 140 valence electrons. The highest BCUT2D eigenvalue weighted by atomic mass is 35.5. The van der Waals surface area contributed by atoms with Crippen molar-refractivity contribution in [2.45, 2.75) is 25.9 Å². The van der Waals surface area contributed by atoms with Gasteiger partial charge in [-0.2, -0.15) is 0 Å². The smallest absolute Gasteiger partial charge is 0.338 e. The minimum atomic E-state index is -0.992. The summed E-state index contributed by atoms with van der Waals surface area (Å²) in [5.41, 5.74) is 1.51. The highest BCUT2D eigenvalue weighted by Gasteiger charge is 2.23. The minimum Gasteiger partial charge on any atom is -0.449 e. The third-order valence-electron chi connectivity index (χ3n) is 4.27. The number of ether oxygens (including phenoxy) is 1. The fraction of sp³-hybridized carbons (Fsp3) is 0.250. The van der Waals surface area contributed by atoms with Crippen molar-refractivity contribution in [2.75, 3.05) is 16.8 Å². The molecule has 1 fully saturated rings. The number of esters is 1. The van der Waals surface area contributed by atoms with Crippen molar-refractivity contribution < 1.29 is 19.1 Å². The molecule has 7 heteroatoms. The molecule has 0 aliphatic carbocycles. The number of nitrogens with zero attached hydrogens (tertiary/aromatic N) is 1. The first-order chi connectivity index (χ1) is 13.0. The molecule has 2 aromatic carbocycles. The number of para-hydroxylation sites is 1. The first-order valence-electron chi connectivity index (χ1n) is 8.62. The maximum absolute atomic E-state index is 12.3. The van der Waals surface area contributed by atoms with Gasteiger partial charge in [0, 0.05) is 18.7 Å². The van der Waals surface area contributed by atoms with Crippen LogP contribution in [0, 0.1) is 0 Å². The average molecular weight is 387 g/mol. The Morgan fingerprint density at radius 1 is 1.15 bits per heavy atom. The minimum absolute atomic E-state index is 0.0789. The van der Waals surface area contributed by atoms with Crippen LogP contribution in [0.15, 0.2) is 48.5 Å². The molecule has 2 aromatic rings. The zero-order valence-electron chi connectivity index (χ0n) is 14.8. The predicted molar refractivity (Wildman–Crippen MR) is 103 cm³/mol. The topological polar surface area (TPSA) is 75.7 Å². The number of hydrogen-bond acceptors (Lipinski definition) is 4. The second kappa shape index (κ2) is 8.22. The summed E-state index contributed by atoms with van der Waals surface area (Å²) in [5.74, 6) is -1.01. The molecule has 0 radical (unpaired) electrons. The molecule has 1 aliphatic heterocycles. The summed E-state index contributed by atoms with van der Waals surface area (Å²) >= 11 is 6.00. The number of rotatable bonds is 5. The van der Waals surface area contributed by atoms with E-state index in [-0.39, 0.29) is 5.91 Å². The quantitative estimate of drug-likeness (QED) is 0.796. The van der Waals surface area contributed by atoms with Gasteiger partial charge < -0.3 is 15.0 Å². The lowest BCUT2D eigenvalue weighted by Gasteiger charge is -2.16. The zero-order chi connectivity index (χ0) is 19.4. The van der Waals surface area contributed by atoms with E-state index in [1.807, 2.05) is 0 Å². The van der Waals surface area contributed by atoms with E-state index in [0.717, 1.165) is 12.1 Å². The van der Waals surface area contributed by atoms with Gasteiger partial charge in [0.05, 0.1) is 16.3 Å². The molecule has 2 amide bonds. The van der Waals surface area contributed by atoms with E-state index in [9.17, 15) is 14.4 Å². The molecule has 1 heterocycles. The fourth-order valence-corrected chi connectivity index (χ4v) is 2.96. The van der Waals surface area contributed by atoms with E-state index in [4.69, 9.17) is 16.3 Å². The van der Waals surface area contributed by atoms with Crippen LogP contribution in [0.25, 0.3) is 0 Å². The van der Waals surface area contributed by atoms with Gasteiger partial charge in [0.1, 0.15) is 0 Å². The molecule has 0 spiro atoms. The van der Waals surface area contributed by atoms with Gasteiger partial charge in [0.25, 0.3) is 5.91 Å².